The van der Waals surface area contributed by atoms with Gasteiger partial charge in [-0.3, -0.25) is 4.79 Å². The number of nitrogens with one attached hydrogen (secondary N) is 1. The van der Waals surface area contributed by atoms with Crippen molar-refractivity contribution in [3.05, 3.63) is 58.9 Å². The van der Waals surface area contributed by atoms with Gasteiger partial charge in [0, 0.05) is 18.8 Å². The van der Waals surface area contributed by atoms with E-state index in [0.717, 1.165) is 0 Å². The number of sulfonamides is 1. The minimum absolute atomic E-state index is 0.0358. The third-order valence-corrected chi connectivity index (χ3v) is 6.44. The first-order valence-electron chi connectivity index (χ1n) is 8.28. The van der Waals surface area contributed by atoms with Crippen molar-refractivity contribution in [3.63, 3.8) is 0 Å². The predicted octanol–water partition coefficient (Wildman–Crippen LogP) is 2.68. The van der Waals surface area contributed by atoms with E-state index < -0.39 is 21.7 Å². The lowest BCUT2D eigenvalue weighted by Gasteiger charge is -2.26. The highest BCUT2D eigenvalue weighted by Gasteiger charge is 2.28. The summed E-state index contributed by atoms with van der Waals surface area (Å²) in [4.78, 5) is 12.1. The molecule has 0 aromatic heterocycles. The monoisotopic (exact) mass is 412 g/mol. The molecule has 0 unspecified atom stereocenters. The molecule has 0 bridgehead atoms. The molecule has 0 aliphatic carbocycles. The number of nitrogens with zero attached hydrogens (tertiary/aromatic N) is 1. The van der Waals surface area contributed by atoms with Gasteiger partial charge in [-0.05, 0) is 35.9 Å². The average molecular weight is 413 g/mol. The van der Waals surface area contributed by atoms with E-state index in [2.05, 4.69) is 5.32 Å². The molecule has 1 N–H and O–H groups in total. The molecule has 0 radical (unpaired) electrons. The van der Waals surface area contributed by atoms with Crippen molar-refractivity contribution in [1.29, 1.82) is 0 Å². The fraction of sp³-hybridized carbons (Fsp3) is 0.278. The first-order valence-corrected chi connectivity index (χ1v) is 10.1. The summed E-state index contributed by atoms with van der Waals surface area (Å²) in [6, 6.07) is 10.00. The molecule has 1 saturated heterocycles. The fourth-order valence-electron chi connectivity index (χ4n) is 2.74. The number of carbonyl (C=O) groups is 1. The lowest BCUT2D eigenvalue weighted by atomic mass is 10.1. The maximum absolute atomic E-state index is 13.2. The van der Waals surface area contributed by atoms with Crippen LogP contribution in [0.5, 0.6) is 0 Å². The van der Waals surface area contributed by atoms with Gasteiger partial charge in [-0.25, -0.2) is 12.8 Å². The van der Waals surface area contributed by atoms with E-state index in [1.54, 1.807) is 6.07 Å². The fourth-order valence-corrected chi connectivity index (χ4v) is 4.65. The number of hydrogen-bond donors (Lipinski definition) is 1. The standard InChI is InChI=1S/C18H18ClFN2O4S/c19-16-5-4-15(21-18(23)11-13-2-1-3-14(20)10-13)12-17(16)27(24,25)22-6-8-26-9-7-22/h1-5,10,12H,6-9,11H2,(H,21,23). The molecule has 0 saturated carbocycles. The Morgan fingerprint density at radius 3 is 2.63 bits per heavy atom. The Kier molecular flexibility index (Phi) is 6.11. The Labute approximate surface area is 161 Å². The largest absolute Gasteiger partial charge is 0.379 e. The van der Waals surface area contributed by atoms with Crippen LogP contribution in [0.2, 0.25) is 5.02 Å². The van der Waals surface area contributed by atoms with E-state index in [0.29, 0.717) is 24.5 Å². The minimum Gasteiger partial charge on any atom is -0.379 e. The second-order valence-electron chi connectivity index (χ2n) is 6.02. The number of anilines is 1. The topological polar surface area (TPSA) is 75.7 Å². The number of halogens is 2. The number of benzene rings is 2. The molecule has 1 aliphatic heterocycles. The van der Waals surface area contributed by atoms with Crippen LogP contribution in [0.1, 0.15) is 5.56 Å². The summed E-state index contributed by atoms with van der Waals surface area (Å²) in [6.07, 6.45) is -0.0358. The molecule has 2 aromatic carbocycles. The highest BCUT2D eigenvalue weighted by molar-refractivity contribution is 7.89. The second-order valence-corrected chi connectivity index (χ2v) is 8.33. The van der Waals surface area contributed by atoms with E-state index in [-0.39, 0.29) is 29.4 Å². The summed E-state index contributed by atoms with van der Waals surface area (Å²) < 4.78 is 45.3. The number of hydrogen-bond acceptors (Lipinski definition) is 4. The van der Waals surface area contributed by atoms with Gasteiger partial charge in [-0.15, -0.1) is 0 Å². The molecule has 1 aliphatic rings. The van der Waals surface area contributed by atoms with Gasteiger partial charge in [0.25, 0.3) is 0 Å². The molecule has 1 amide bonds. The maximum Gasteiger partial charge on any atom is 0.244 e. The van der Waals surface area contributed by atoms with Crippen LogP contribution in [0.3, 0.4) is 0 Å². The number of morpholine rings is 1. The van der Waals surface area contributed by atoms with Crippen LogP contribution >= 0.6 is 11.6 Å². The van der Waals surface area contributed by atoms with Crippen LogP contribution in [0, 0.1) is 5.82 Å². The molecule has 3 rings (SSSR count). The Morgan fingerprint density at radius 1 is 1.19 bits per heavy atom. The Bertz CT molecular complexity index is 946. The lowest BCUT2D eigenvalue weighted by Crippen LogP contribution is -2.40. The Morgan fingerprint density at radius 2 is 1.93 bits per heavy atom. The average Bonchev–Trinajstić information content (AvgIpc) is 2.64. The lowest BCUT2D eigenvalue weighted by molar-refractivity contribution is -0.115. The second kappa shape index (κ2) is 8.35. The van der Waals surface area contributed by atoms with Gasteiger partial charge in [0.2, 0.25) is 15.9 Å². The summed E-state index contributed by atoms with van der Waals surface area (Å²) >= 11 is 6.09. The number of ether oxygens (including phenoxy) is 1. The van der Waals surface area contributed by atoms with Gasteiger partial charge in [0.15, 0.2) is 0 Å². The zero-order valence-corrected chi connectivity index (χ0v) is 15.9. The van der Waals surface area contributed by atoms with Crippen LogP contribution in [0.4, 0.5) is 10.1 Å². The smallest absolute Gasteiger partial charge is 0.244 e. The van der Waals surface area contributed by atoms with Crippen LogP contribution in [-0.4, -0.2) is 44.9 Å². The summed E-state index contributed by atoms with van der Waals surface area (Å²) in [6.45, 7) is 1.13. The molecule has 27 heavy (non-hydrogen) atoms. The van der Waals surface area contributed by atoms with Gasteiger partial charge in [-0.2, -0.15) is 4.31 Å². The van der Waals surface area contributed by atoms with Crippen molar-refractivity contribution in [3.8, 4) is 0 Å². The van der Waals surface area contributed by atoms with Crippen LogP contribution in [0.25, 0.3) is 0 Å². The summed E-state index contributed by atoms with van der Waals surface area (Å²) in [7, 11) is -3.80. The highest BCUT2D eigenvalue weighted by atomic mass is 35.5. The SMILES string of the molecule is O=C(Cc1cccc(F)c1)Nc1ccc(Cl)c(S(=O)(=O)N2CCOCC2)c1. The van der Waals surface area contributed by atoms with Gasteiger partial charge in [0.1, 0.15) is 10.7 Å². The Balaban J connectivity index is 1.77. The molecule has 0 spiro atoms. The number of carbonyl (C=O) groups excluding carboxylic acids is 1. The normalized spacial score (nSPS) is 15.5. The van der Waals surface area contributed by atoms with Crippen molar-refractivity contribution in [2.45, 2.75) is 11.3 Å². The zero-order valence-electron chi connectivity index (χ0n) is 14.3. The highest BCUT2D eigenvalue weighted by Crippen LogP contribution is 2.28. The summed E-state index contributed by atoms with van der Waals surface area (Å²) in [5.41, 5.74) is 0.815. The zero-order chi connectivity index (χ0) is 19.4. The van der Waals surface area contributed by atoms with Gasteiger partial charge < -0.3 is 10.1 Å². The third-order valence-electron chi connectivity index (χ3n) is 4.06. The van der Waals surface area contributed by atoms with Crippen LogP contribution in [-0.2, 0) is 26.0 Å². The first-order chi connectivity index (χ1) is 12.9. The molecule has 1 heterocycles. The van der Waals surface area contributed by atoms with Crippen molar-refractivity contribution >= 4 is 33.2 Å². The van der Waals surface area contributed by atoms with E-state index >= 15 is 0 Å². The van der Waals surface area contributed by atoms with Gasteiger partial charge in [-0.1, -0.05) is 23.7 Å². The first kappa shape index (κ1) is 19.8. The number of rotatable bonds is 5. The summed E-state index contributed by atoms with van der Waals surface area (Å²) in [5.74, 6) is -0.816. The summed E-state index contributed by atoms with van der Waals surface area (Å²) in [5, 5.41) is 2.70. The van der Waals surface area contributed by atoms with Crippen LogP contribution < -0.4 is 5.32 Å². The van der Waals surface area contributed by atoms with Crippen molar-refractivity contribution in [1.82, 2.24) is 4.31 Å². The molecule has 9 heteroatoms. The van der Waals surface area contributed by atoms with E-state index in [9.17, 15) is 17.6 Å². The van der Waals surface area contributed by atoms with E-state index in [1.807, 2.05) is 0 Å². The molecule has 6 nitrogen and oxygen atoms in total. The van der Waals surface area contributed by atoms with Gasteiger partial charge in [0.05, 0.1) is 24.7 Å². The molecule has 0 atom stereocenters. The molecule has 2 aromatic rings. The maximum atomic E-state index is 13.2. The Hall–Kier alpha value is -2.00. The molecular weight excluding hydrogens is 395 g/mol. The molecular formula is C18H18ClFN2O4S. The van der Waals surface area contributed by atoms with E-state index in [4.69, 9.17) is 16.3 Å². The molecule has 144 valence electrons. The predicted molar refractivity (Wildman–Crippen MR) is 99.8 cm³/mol. The van der Waals surface area contributed by atoms with E-state index in [1.165, 1.54) is 40.7 Å². The van der Waals surface area contributed by atoms with Crippen molar-refractivity contribution in [2.24, 2.45) is 0 Å². The third kappa shape index (κ3) is 4.84. The van der Waals surface area contributed by atoms with Crippen molar-refractivity contribution < 1.29 is 22.3 Å². The molecule has 1 fully saturated rings. The number of amides is 1. The quantitative estimate of drug-likeness (QED) is 0.819. The van der Waals surface area contributed by atoms with Crippen molar-refractivity contribution in [2.75, 3.05) is 31.6 Å². The minimum atomic E-state index is -3.80. The van der Waals surface area contributed by atoms with Gasteiger partial charge >= 0.3 is 0 Å². The van der Waals surface area contributed by atoms with Crippen LogP contribution in [0.15, 0.2) is 47.4 Å².